The van der Waals surface area contributed by atoms with Gasteiger partial charge in [0.25, 0.3) is 0 Å². The van der Waals surface area contributed by atoms with E-state index in [0.29, 0.717) is 5.39 Å². The first-order valence-electron chi connectivity index (χ1n) is 4.58. The Bertz CT molecular complexity index is 504. The minimum absolute atomic E-state index is 0.0532. The first kappa shape index (κ1) is 10.1. The van der Waals surface area contributed by atoms with Gasteiger partial charge in [0.1, 0.15) is 5.56 Å². The fraction of sp³-hybridized carbons (Fsp3) is 0.182. The monoisotopic (exact) mass is 224 g/mol. The molecule has 1 heterocycles. The summed E-state index contributed by atoms with van der Waals surface area (Å²) in [5, 5.41) is 0.146. The Kier molecular flexibility index (Phi) is 2.68. The van der Waals surface area contributed by atoms with E-state index in [-0.39, 0.29) is 12.2 Å². The van der Waals surface area contributed by atoms with Gasteiger partial charge in [-0.25, -0.2) is 4.79 Å². The van der Waals surface area contributed by atoms with Gasteiger partial charge in [0.15, 0.2) is 5.13 Å². The summed E-state index contributed by atoms with van der Waals surface area (Å²) in [6.07, 6.45) is 0. The lowest BCUT2D eigenvalue weighted by Gasteiger charge is -1.99. The van der Waals surface area contributed by atoms with Gasteiger partial charge < -0.3 is 4.74 Å². The largest absolute Gasteiger partial charge is 0.462 e. The Balaban J connectivity index is 2.58. The van der Waals surface area contributed by atoms with Crippen LogP contribution in [0.3, 0.4) is 0 Å². The van der Waals surface area contributed by atoms with Crippen LogP contribution in [0.25, 0.3) is 10.1 Å². The molecule has 78 valence electrons. The SMILES string of the molecule is CCOC(=O)c1c(F)sc2ccccc12. The Morgan fingerprint density at radius 3 is 2.93 bits per heavy atom. The molecule has 0 radical (unpaired) electrons. The molecule has 1 aromatic heterocycles. The van der Waals surface area contributed by atoms with Crippen molar-refractivity contribution < 1.29 is 13.9 Å². The summed E-state index contributed by atoms with van der Waals surface area (Å²) in [4.78, 5) is 11.5. The molecule has 0 saturated carbocycles. The van der Waals surface area contributed by atoms with Crippen LogP contribution in [0.4, 0.5) is 4.39 Å². The summed E-state index contributed by atoms with van der Waals surface area (Å²) < 4.78 is 19.1. The molecule has 0 spiro atoms. The van der Waals surface area contributed by atoms with Crippen molar-refractivity contribution in [2.45, 2.75) is 6.92 Å². The second-order valence-corrected chi connectivity index (χ2v) is 3.97. The van der Waals surface area contributed by atoms with E-state index in [4.69, 9.17) is 4.74 Å². The molecule has 0 aliphatic heterocycles. The van der Waals surface area contributed by atoms with Crippen molar-refractivity contribution in [3.8, 4) is 0 Å². The van der Waals surface area contributed by atoms with Gasteiger partial charge in [0.05, 0.1) is 6.61 Å². The zero-order chi connectivity index (χ0) is 10.8. The van der Waals surface area contributed by atoms with Crippen LogP contribution in [0, 0.1) is 5.13 Å². The Morgan fingerprint density at radius 1 is 1.47 bits per heavy atom. The third-order valence-corrected chi connectivity index (χ3v) is 2.99. The van der Waals surface area contributed by atoms with Crippen molar-refractivity contribution in [3.05, 3.63) is 35.0 Å². The molecule has 0 aliphatic carbocycles. The van der Waals surface area contributed by atoms with Gasteiger partial charge in [-0.1, -0.05) is 18.2 Å². The first-order valence-corrected chi connectivity index (χ1v) is 5.40. The Hall–Kier alpha value is -1.42. The van der Waals surface area contributed by atoms with Crippen LogP contribution in [0.5, 0.6) is 0 Å². The number of carbonyl (C=O) groups is 1. The van der Waals surface area contributed by atoms with Gasteiger partial charge in [-0.3, -0.25) is 0 Å². The summed E-state index contributed by atoms with van der Waals surface area (Å²) >= 11 is 0.965. The molecular weight excluding hydrogens is 215 g/mol. The number of hydrogen-bond donors (Lipinski definition) is 0. The Morgan fingerprint density at radius 2 is 2.20 bits per heavy atom. The fourth-order valence-electron chi connectivity index (χ4n) is 1.41. The highest BCUT2D eigenvalue weighted by Crippen LogP contribution is 2.30. The summed E-state index contributed by atoms with van der Waals surface area (Å²) in [5.41, 5.74) is 0.0532. The van der Waals surface area contributed by atoms with E-state index in [9.17, 15) is 9.18 Å². The zero-order valence-electron chi connectivity index (χ0n) is 8.12. The summed E-state index contributed by atoms with van der Waals surface area (Å²) in [6.45, 7) is 1.95. The maximum absolute atomic E-state index is 13.5. The smallest absolute Gasteiger partial charge is 0.342 e. The number of rotatable bonds is 2. The van der Waals surface area contributed by atoms with Crippen LogP contribution < -0.4 is 0 Å². The van der Waals surface area contributed by atoms with Crippen molar-refractivity contribution in [3.63, 3.8) is 0 Å². The molecular formula is C11H9FO2S. The second-order valence-electron chi connectivity index (χ2n) is 2.97. The highest BCUT2D eigenvalue weighted by Gasteiger charge is 2.19. The molecule has 0 unspecified atom stereocenters. The number of halogens is 1. The minimum Gasteiger partial charge on any atom is -0.462 e. The molecule has 0 saturated heterocycles. The van der Waals surface area contributed by atoms with Crippen molar-refractivity contribution >= 4 is 27.4 Å². The van der Waals surface area contributed by atoms with Gasteiger partial charge >= 0.3 is 5.97 Å². The van der Waals surface area contributed by atoms with Gasteiger partial charge in [-0.05, 0) is 13.0 Å². The lowest BCUT2D eigenvalue weighted by molar-refractivity contribution is 0.0524. The minimum atomic E-state index is -0.590. The number of thiophene rings is 1. The van der Waals surface area contributed by atoms with E-state index in [0.717, 1.165) is 16.0 Å². The number of fused-ring (bicyclic) bond motifs is 1. The fourth-order valence-corrected chi connectivity index (χ4v) is 2.32. The van der Waals surface area contributed by atoms with Crippen LogP contribution in [-0.4, -0.2) is 12.6 Å². The average molecular weight is 224 g/mol. The lowest BCUT2D eigenvalue weighted by Crippen LogP contribution is -2.05. The standard InChI is InChI=1S/C11H9FO2S/c1-2-14-11(13)9-7-5-3-4-6-8(7)15-10(9)12/h3-6H,2H2,1H3. The molecule has 1 aromatic carbocycles. The predicted octanol–water partition coefficient (Wildman–Crippen LogP) is 3.22. The Labute approximate surface area is 90.3 Å². The molecule has 4 heteroatoms. The van der Waals surface area contributed by atoms with E-state index >= 15 is 0 Å². The van der Waals surface area contributed by atoms with Crippen LogP contribution in [0.2, 0.25) is 0 Å². The molecule has 2 aromatic rings. The van der Waals surface area contributed by atoms with Gasteiger partial charge in [0.2, 0.25) is 0 Å². The third kappa shape index (κ3) is 1.72. The van der Waals surface area contributed by atoms with Crippen molar-refractivity contribution in [2.24, 2.45) is 0 Å². The maximum Gasteiger partial charge on any atom is 0.342 e. The number of hydrogen-bond acceptors (Lipinski definition) is 3. The lowest BCUT2D eigenvalue weighted by atomic mass is 10.2. The quantitative estimate of drug-likeness (QED) is 0.732. The topological polar surface area (TPSA) is 26.3 Å². The van der Waals surface area contributed by atoms with Crippen LogP contribution >= 0.6 is 11.3 Å². The molecule has 0 N–H and O–H groups in total. The molecule has 15 heavy (non-hydrogen) atoms. The third-order valence-electron chi connectivity index (χ3n) is 2.03. The highest BCUT2D eigenvalue weighted by atomic mass is 32.1. The van der Waals surface area contributed by atoms with E-state index in [1.54, 1.807) is 25.1 Å². The van der Waals surface area contributed by atoms with E-state index in [1.165, 1.54) is 0 Å². The molecule has 0 atom stereocenters. The van der Waals surface area contributed by atoms with E-state index in [2.05, 4.69) is 0 Å². The highest BCUT2D eigenvalue weighted by molar-refractivity contribution is 7.17. The van der Waals surface area contributed by atoms with Gasteiger partial charge in [-0.2, -0.15) is 4.39 Å². The molecule has 0 fully saturated rings. The summed E-state index contributed by atoms with van der Waals surface area (Å²) in [7, 11) is 0. The average Bonchev–Trinajstić information content (AvgIpc) is 2.54. The van der Waals surface area contributed by atoms with E-state index in [1.807, 2.05) is 6.07 Å². The molecule has 0 aliphatic rings. The van der Waals surface area contributed by atoms with Crippen molar-refractivity contribution in [1.82, 2.24) is 0 Å². The molecule has 0 amide bonds. The number of carbonyl (C=O) groups excluding carboxylic acids is 1. The first-order chi connectivity index (χ1) is 7.24. The van der Waals surface area contributed by atoms with Crippen LogP contribution in [-0.2, 0) is 4.74 Å². The molecule has 0 bridgehead atoms. The van der Waals surface area contributed by atoms with Crippen molar-refractivity contribution in [2.75, 3.05) is 6.61 Å². The summed E-state index contributed by atoms with van der Waals surface area (Å²) in [6, 6.07) is 7.09. The second kappa shape index (κ2) is 3.98. The molecule has 2 rings (SSSR count). The number of benzene rings is 1. The van der Waals surface area contributed by atoms with Crippen LogP contribution in [0.1, 0.15) is 17.3 Å². The number of esters is 1. The summed E-state index contributed by atoms with van der Waals surface area (Å²) in [5.74, 6) is -0.590. The normalized spacial score (nSPS) is 10.5. The van der Waals surface area contributed by atoms with Gasteiger partial charge in [-0.15, -0.1) is 11.3 Å². The maximum atomic E-state index is 13.5. The zero-order valence-corrected chi connectivity index (χ0v) is 8.94. The predicted molar refractivity (Wildman–Crippen MR) is 57.7 cm³/mol. The van der Waals surface area contributed by atoms with Crippen LogP contribution in [0.15, 0.2) is 24.3 Å². The number of ether oxygens (including phenoxy) is 1. The van der Waals surface area contributed by atoms with Gasteiger partial charge in [0, 0.05) is 10.1 Å². The van der Waals surface area contributed by atoms with Crippen molar-refractivity contribution in [1.29, 1.82) is 0 Å². The molecule has 2 nitrogen and oxygen atoms in total. The van der Waals surface area contributed by atoms with E-state index < -0.39 is 11.1 Å².